The van der Waals surface area contributed by atoms with E-state index in [0.717, 1.165) is 12.8 Å². The summed E-state index contributed by atoms with van der Waals surface area (Å²) in [7, 11) is 0. The summed E-state index contributed by atoms with van der Waals surface area (Å²) in [5.74, 6) is -6.64. The molecule has 14 nitrogen and oxygen atoms in total. The first kappa shape index (κ1) is 34.7. The molecule has 3 atom stereocenters. The van der Waals surface area contributed by atoms with Gasteiger partial charge in [-0.3, -0.25) is 19.2 Å². The second-order valence-corrected chi connectivity index (χ2v) is 8.74. The minimum atomic E-state index is -1.33. The van der Waals surface area contributed by atoms with Crippen LogP contribution >= 0.6 is 0 Å². The molecule has 38 heavy (non-hydrogen) atoms. The molecule has 0 saturated heterocycles. The first-order chi connectivity index (χ1) is 17.9. The highest BCUT2D eigenvalue weighted by Gasteiger charge is 2.25. The van der Waals surface area contributed by atoms with Crippen molar-refractivity contribution >= 4 is 35.7 Å². The van der Waals surface area contributed by atoms with Gasteiger partial charge in [0.25, 0.3) is 0 Å². The highest BCUT2D eigenvalue weighted by Crippen LogP contribution is 2.13. The van der Waals surface area contributed by atoms with Crippen molar-refractivity contribution in [3.05, 3.63) is 0 Å². The Kier molecular flexibility index (Phi) is 19.0. The van der Waals surface area contributed by atoms with Gasteiger partial charge in [-0.15, -0.1) is 0 Å². The molecule has 14 heteroatoms. The number of unbranched alkanes of at least 4 members (excludes halogenated alkanes) is 3. The summed E-state index contributed by atoms with van der Waals surface area (Å²) >= 11 is 0. The number of nitrogens with one attached hydrogen (secondary N) is 2. The minimum Gasteiger partial charge on any atom is -0.481 e. The lowest BCUT2D eigenvalue weighted by molar-refractivity contribution is -0.154. The summed E-state index contributed by atoms with van der Waals surface area (Å²) in [5.41, 5.74) is 0. The molecule has 0 spiro atoms. The molecule has 0 heterocycles. The molecule has 0 bridgehead atoms. The van der Waals surface area contributed by atoms with Gasteiger partial charge < -0.3 is 40.5 Å². The number of ether oxygens (including phenoxy) is 2. The van der Waals surface area contributed by atoms with E-state index in [4.69, 9.17) is 24.8 Å². The quantitative estimate of drug-likeness (QED) is 0.0748. The van der Waals surface area contributed by atoms with E-state index in [-0.39, 0.29) is 32.0 Å². The highest BCUT2D eigenvalue weighted by molar-refractivity contribution is 5.86. The van der Waals surface area contributed by atoms with Crippen LogP contribution in [0.5, 0.6) is 0 Å². The molecule has 0 aliphatic rings. The van der Waals surface area contributed by atoms with E-state index in [2.05, 4.69) is 10.6 Å². The summed E-state index contributed by atoms with van der Waals surface area (Å²) in [6, 6.07) is -1.22. The van der Waals surface area contributed by atoms with Gasteiger partial charge in [0, 0.05) is 32.4 Å². The van der Waals surface area contributed by atoms with Gasteiger partial charge in [-0.05, 0) is 45.4 Å². The van der Waals surface area contributed by atoms with Crippen molar-refractivity contribution in [2.75, 3.05) is 26.4 Å². The molecule has 0 rings (SSSR count). The normalized spacial score (nSPS) is 13.1. The van der Waals surface area contributed by atoms with Crippen molar-refractivity contribution in [2.24, 2.45) is 5.92 Å². The Morgan fingerprint density at radius 3 is 2.08 bits per heavy atom. The molecular weight excluding hydrogens is 508 g/mol. The largest absolute Gasteiger partial charge is 0.481 e. The molecule has 0 aromatic carbocycles. The zero-order valence-corrected chi connectivity index (χ0v) is 21.7. The molecule has 0 aliphatic heterocycles. The van der Waals surface area contributed by atoms with Gasteiger partial charge in [-0.2, -0.15) is 0 Å². The number of carboxylic acids is 3. The van der Waals surface area contributed by atoms with E-state index in [1.807, 2.05) is 0 Å². The van der Waals surface area contributed by atoms with E-state index < -0.39 is 60.7 Å². The Labute approximate surface area is 221 Å². The molecule has 0 aromatic heterocycles. The molecule has 2 amide bonds. The predicted octanol–water partition coefficient (Wildman–Crippen LogP) is 0.299. The Hall–Kier alpha value is -3.26. The predicted molar refractivity (Wildman–Crippen MR) is 131 cm³/mol. The molecule has 0 aliphatic carbocycles. The monoisotopic (exact) mass is 548 g/mol. The molecular formula is C24H40N2O12. The van der Waals surface area contributed by atoms with Gasteiger partial charge >= 0.3 is 23.9 Å². The summed E-state index contributed by atoms with van der Waals surface area (Å²) in [4.78, 5) is 68.3. The van der Waals surface area contributed by atoms with Gasteiger partial charge in [0.1, 0.15) is 18.8 Å². The third-order valence-electron chi connectivity index (χ3n) is 5.37. The molecule has 0 fully saturated rings. The minimum absolute atomic E-state index is 0.0610. The van der Waals surface area contributed by atoms with Crippen LogP contribution in [-0.4, -0.2) is 94.6 Å². The van der Waals surface area contributed by atoms with Crippen molar-refractivity contribution < 1.29 is 58.7 Å². The van der Waals surface area contributed by atoms with E-state index in [0.29, 0.717) is 38.8 Å². The van der Waals surface area contributed by atoms with Gasteiger partial charge in [0.2, 0.25) is 11.8 Å². The summed E-state index contributed by atoms with van der Waals surface area (Å²) in [6.07, 6.45) is 1.09. The van der Waals surface area contributed by atoms with Crippen LogP contribution in [0.3, 0.4) is 0 Å². The van der Waals surface area contributed by atoms with E-state index in [1.165, 1.54) is 6.92 Å². The first-order valence-electron chi connectivity index (χ1n) is 12.6. The van der Waals surface area contributed by atoms with E-state index >= 15 is 0 Å². The van der Waals surface area contributed by atoms with E-state index in [9.17, 15) is 33.9 Å². The maximum Gasteiger partial charge on any atom is 0.334 e. The lowest BCUT2D eigenvalue weighted by Crippen LogP contribution is -2.42. The fourth-order valence-corrected chi connectivity index (χ4v) is 3.22. The fourth-order valence-electron chi connectivity index (χ4n) is 3.22. The number of aliphatic carboxylic acids is 3. The summed E-state index contributed by atoms with van der Waals surface area (Å²) in [5, 5.41) is 41.1. The first-order valence-corrected chi connectivity index (χ1v) is 12.6. The maximum absolute atomic E-state index is 12.1. The second kappa shape index (κ2) is 20.8. The fraction of sp³-hybridized carbons (Fsp3) is 0.750. The second-order valence-electron chi connectivity index (χ2n) is 8.74. The number of hydrogen-bond acceptors (Lipinski definition) is 9. The van der Waals surface area contributed by atoms with Crippen LogP contribution in [0.4, 0.5) is 0 Å². The molecule has 218 valence electrons. The zero-order chi connectivity index (χ0) is 28.9. The van der Waals surface area contributed by atoms with Gasteiger partial charge in [0.15, 0.2) is 0 Å². The number of amides is 2. The Balaban J connectivity index is 3.97. The Morgan fingerprint density at radius 1 is 0.763 bits per heavy atom. The van der Waals surface area contributed by atoms with Crippen molar-refractivity contribution in [3.63, 3.8) is 0 Å². The number of aliphatic hydroxyl groups excluding tert-OH is 1. The van der Waals surface area contributed by atoms with Crippen LogP contribution in [-0.2, 0) is 38.2 Å². The number of carbonyl (C=O) groups is 6. The number of esters is 1. The van der Waals surface area contributed by atoms with Gasteiger partial charge in [-0.25, -0.2) is 9.59 Å². The molecule has 0 saturated carbocycles. The average molecular weight is 549 g/mol. The Morgan fingerprint density at radius 2 is 1.47 bits per heavy atom. The third kappa shape index (κ3) is 18.9. The summed E-state index contributed by atoms with van der Waals surface area (Å²) < 4.78 is 10.0. The van der Waals surface area contributed by atoms with E-state index in [1.54, 1.807) is 0 Å². The smallest absolute Gasteiger partial charge is 0.334 e. The number of carbonyl (C=O) groups excluding carboxylic acids is 3. The summed E-state index contributed by atoms with van der Waals surface area (Å²) in [6.45, 7) is 2.39. The van der Waals surface area contributed by atoms with Crippen molar-refractivity contribution in [3.8, 4) is 0 Å². The van der Waals surface area contributed by atoms with Crippen LogP contribution in [0.1, 0.15) is 71.1 Å². The standard InChI is InChI=1S/C24H40N2O12/c1-16(27)24(36)38-14-13-37-12-6-2-3-8-19(28)25-11-5-4-7-18(23(34)35)26-20(29)15-17(22(32)33)9-10-21(30)31/h16-18,27H,2-15H2,1H3,(H,25,28)(H,26,29)(H,30,31)(H,32,33)(H,34,35)/t16?,17-,18+/m1/s1. The maximum atomic E-state index is 12.1. The lowest BCUT2D eigenvalue weighted by atomic mass is 9.98. The SMILES string of the molecule is CC(O)C(=O)OCCOCCCCCC(=O)NCCCC[C@H](NC(=O)C[C@@H](CCC(=O)O)C(=O)O)C(=O)O. The Bertz CT molecular complexity index is 771. The highest BCUT2D eigenvalue weighted by atomic mass is 16.6. The van der Waals surface area contributed by atoms with Crippen LogP contribution in [0.15, 0.2) is 0 Å². The van der Waals surface area contributed by atoms with Crippen LogP contribution < -0.4 is 10.6 Å². The number of carboxylic acid groups (broad SMARTS) is 3. The third-order valence-corrected chi connectivity index (χ3v) is 5.37. The molecule has 0 aromatic rings. The molecule has 0 radical (unpaired) electrons. The van der Waals surface area contributed by atoms with Gasteiger partial charge in [-0.1, -0.05) is 6.42 Å². The topological polar surface area (TPSA) is 226 Å². The number of hydrogen-bond donors (Lipinski definition) is 6. The number of rotatable bonds is 23. The van der Waals surface area contributed by atoms with Crippen LogP contribution in [0.25, 0.3) is 0 Å². The number of aliphatic hydroxyl groups is 1. The molecule has 6 N–H and O–H groups in total. The van der Waals surface area contributed by atoms with Crippen molar-refractivity contribution in [1.29, 1.82) is 0 Å². The van der Waals surface area contributed by atoms with Crippen LogP contribution in [0, 0.1) is 5.92 Å². The molecule has 1 unspecified atom stereocenters. The zero-order valence-electron chi connectivity index (χ0n) is 21.7. The lowest BCUT2D eigenvalue weighted by Gasteiger charge is -2.16. The average Bonchev–Trinajstić information content (AvgIpc) is 2.83. The van der Waals surface area contributed by atoms with Crippen molar-refractivity contribution in [1.82, 2.24) is 10.6 Å². The van der Waals surface area contributed by atoms with Crippen LogP contribution in [0.2, 0.25) is 0 Å². The van der Waals surface area contributed by atoms with Crippen molar-refractivity contribution in [2.45, 2.75) is 83.3 Å². The van der Waals surface area contributed by atoms with Gasteiger partial charge in [0.05, 0.1) is 12.5 Å².